The molecule has 1 heterocycles. The summed E-state index contributed by atoms with van der Waals surface area (Å²) in [5, 5.41) is 7.07. The van der Waals surface area contributed by atoms with Crippen molar-refractivity contribution in [2.75, 3.05) is 13.1 Å². The average molecular weight is 351 g/mol. The summed E-state index contributed by atoms with van der Waals surface area (Å²) in [4.78, 5) is 25.8. The van der Waals surface area contributed by atoms with Crippen molar-refractivity contribution in [1.82, 2.24) is 10.2 Å². The molecule has 6 heteroatoms. The Labute approximate surface area is 145 Å². The van der Waals surface area contributed by atoms with Crippen LogP contribution in [0.25, 0.3) is 0 Å². The Morgan fingerprint density at radius 3 is 2.78 bits per heavy atom. The molecule has 0 bridgehead atoms. The molecule has 0 aliphatic rings. The predicted molar refractivity (Wildman–Crippen MR) is 93.8 cm³/mol. The van der Waals surface area contributed by atoms with Crippen molar-refractivity contribution in [3.05, 3.63) is 57.2 Å². The van der Waals surface area contributed by atoms with E-state index in [1.54, 1.807) is 16.3 Å². The van der Waals surface area contributed by atoms with Gasteiger partial charge in [0.15, 0.2) is 0 Å². The maximum Gasteiger partial charge on any atom is 0.252 e. The van der Waals surface area contributed by atoms with Crippen molar-refractivity contribution in [1.29, 1.82) is 0 Å². The molecule has 0 saturated heterocycles. The van der Waals surface area contributed by atoms with E-state index in [0.717, 1.165) is 5.56 Å². The lowest BCUT2D eigenvalue weighted by Gasteiger charge is -2.21. The topological polar surface area (TPSA) is 49.4 Å². The van der Waals surface area contributed by atoms with Gasteiger partial charge in [0.2, 0.25) is 5.91 Å². The molecule has 0 radical (unpaired) electrons. The number of hydrogen-bond acceptors (Lipinski definition) is 3. The van der Waals surface area contributed by atoms with E-state index in [0.29, 0.717) is 30.2 Å². The summed E-state index contributed by atoms with van der Waals surface area (Å²) < 4.78 is 0. The first kappa shape index (κ1) is 17.5. The van der Waals surface area contributed by atoms with Gasteiger partial charge in [-0.1, -0.05) is 23.7 Å². The Bertz CT molecular complexity index is 658. The Hall–Kier alpha value is -1.85. The van der Waals surface area contributed by atoms with Crippen LogP contribution in [-0.2, 0) is 11.3 Å². The minimum absolute atomic E-state index is 0.0121. The number of halogens is 1. The number of carbonyl (C=O) groups excluding carboxylic acids is 2. The SMILES string of the molecule is CCN(Cc1cccc(Cl)c1)C(=O)CCNC(=O)c1ccsc1. The van der Waals surface area contributed by atoms with Crippen molar-refractivity contribution >= 4 is 34.8 Å². The molecule has 2 amide bonds. The van der Waals surface area contributed by atoms with Crippen molar-refractivity contribution in [3.8, 4) is 0 Å². The molecule has 0 saturated carbocycles. The van der Waals surface area contributed by atoms with Crippen LogP contribution in [0.4, 0.5) is 0 Å². The molecule has 0 atom stereocenters. The Balaban J connectivity index is 1.82. The average Bonchev–Trinajstić information content (AvgIpc) is 3.07. The largest absolute Gasteiger partial charge is 0.351 e. The Morgan fingerprint density at radius 1 is 1.30 bits per heavy atom. The number of amides is 2. The zero-order valence-corrected chi connectivity index (χ0v) is 14.5. The van der Waals surface area contributed by atoms with Crippen molar-refractivity contribution in [2.45, 2.75) is 19.9 Å². The molecule has 0 aliphatic heterocycles. The lowest BCUT2D eigenvalue weighted by Crippen LogP contribution is -2.34. The Kier molecular flexibility index (Phi) is 6.62. The second-order valence-electron chi connectivity index (χ2n) is 5.06. The van der Waals surface area contributed by atoms with Crippen LogP contribution in [0.2, 0.25) is 5.02 Å². The standard InChI is InChI=1S/C17H19ClN2O2S/c1-2-20(11-13-4-3-5-15(18)10-13)16(21)6-8-19-17(22)14-7-9-23-12-14/h3-5,7,9-10,12H,2,6,8,11H2,1H3,(H,19,22). The zero-order valence-electron chi connectivity index (χ0n) is 12.9. The highest BCUT2D eigenvalue weighted by molar-refractivity contribution is 7.08. The number of thiophene rings is 1. The number of benzene rings is 1. The van der Waals surface area contributed by atoms with Gasteiger partial charge in [-0.2, -0.15) is 11.3 Å². The molecule has 2 rings (SSSR count). The van der Waals surface area contributed by atoms with Crippen LogP contribution in [0.5, 0.6) is 0 Å². The van der Waals surface area contributed by atoms with Crippen LogP contribution in [0.15, 0.2) is 41.1 Å². The second kappa shape index (κ2) is 8.70. The number of nitrogens with one attached hydrogen (secondary N) is 1. The van der Waals surface area contributed by atoms with Crippen LogP contribution in [0, 0.1) is 0 Å². The second-order valence-corrected chi connectivity index (χ2v) is 6.27. The van der Waals surface area contributed by atoms with Gasteiger partial charge in [0, 0.05) is 42.0 Å². The molecule has 122 valence electrons. The maximum absolute atomic E-state index is 12.3. The predicted octanol–water partition coefficient (Wildman–Crippen LogP) is 3.57. The molecule has 1 aromatic carbocycles. The van der Waals surface area contributed by atoms with E-state index in [1.807, 2.05) is 36.6 Å². The third kappa shape index (κ3) is 5.37. The molecule has 1 N–H and O–H groups in total. The van der Waals surface area contributed by atoms with E-state index in [1.165, 1.54) is 11.3 Å². The Morgan fingerprint density at radius 2 is 2.13 bits per heavy atom. The van der Waals surface area contributed by atoms with Gasteiger partial charge in [0.05, 0.1) is 0 Å². The quantitative estimate of drug-likeness (QED) is 0.829. The van der Waals surface area contributed by atoms with E-state index < -0.39 is 0 Å². The van der Waals surface area contributed by atoms with Gasteiger partial charge in [0.25, 0.3) is 5.91 Å². The van der Waals surface area contributed by atoms with Crippen molar-refractivity contribution in [3.63, 3.8) is 0 Å². The third-order valence-corrected chi connectivity index (χ3v) is 4.32. The van der Waals surface area contributed by atoms with E-state index in [4.69, 9.17) is 11.6 Å². The van der Waals surface area contributed by atoms with Crippen LogP contribution in [0.1, 0.15) is 29.3 Å². The summed E-state index contributed by atoms with van der Waals surface area (Å²) in [5.74, 6) is -0.130. The summed E-state index contributed by atoms with van der Waals surface area (Å²) in [7, 11) is 0. The highest BCUT2D eigenvalue weighted by Gasteiger charge is 2.13. The van der Waals surface area contributed by atoms with Gasteiger partial charge in [0.1, 0.15) is 0 Å². The van der Waals surface area contributed by atoms with Gasteiger partial charge in [-0.15, -0.1) is 0 Å². The van der Waals surface area contributed by atoms with E-state index in [-0.39, 0.29) is 18.2 Å². The summed E-state index contributed by atoms with van der Waals surface area (Å²) in [6.45, 7) is 3.41. The molecule has 1 aromatic heterocycles. The number of carbonyl (C=O) groups is 2. The molecule has 0 aliphatic carbocycles. The fraction of sp³-hybridized carbons (Fsp3) is 0.294. The monoisotopic (exact) mass is 350 g/mol. The minimum atomic E-state index is -0.142. The number of rotatable bonds is 7. The fourth-order valence-electron chi connectivity index (χ4n) is 2.17. The first-order chi connectivity index (χ1) is 11.1. The third-order valence-electron chi connectivity index (χ3n) is 3.40. The van der Waals surface area contributed by atoms with Gasteiger partial charge < -0.3 is 10.2 Å². The zero-order chi connectivity index (χ0) is 16.7. The molecule has 0 unspecified atom stereocenters. The normalized spacial score (nSPS) is 10.3. The molecule has 2 aromatic rings. The van der Waals surface area contributed by atoms with Gasteiger partial charge in [-0.25, -0.2) is 0 Å². The minimum Gasteiger partial charge on any atom is -0.351 e. The fourth-order valence-corrected chi connectivity index (χ4v) is 3.02. The molecular formula is C17H19ClN2O2S. The number of hydrogen-bond donors (Lipinski definition) is 1. The first-order valence-corrected chi connectivity index (χ1v) is 8.75. The van der Waals surface area contributed by atoms with Crippen molar-refractivity contribution < 1.29 is 9.59 Å². The molecule has 0 spiro atoms. The lowest BCUT2D eigenvalue weighted by atomic mass is 10.2. The summed E-state index contributed by atoms with van der Waals surface area (Å²) in [6, 6.07) is 9.25. The van der Waals surface area contributed by atoms with Gasteiger partial charge in [-0.3, -0.25) is 9.59 Å². The van der Waals surface area contributed by atoms with Crippen molar-refractivity contribution in [2.24, 2.45) is 0 Å². The van der Waals surface area contributed by atoms with Gasteiger partial charge >= 0.3 is 0 Å². The van der Waals surface area contributed by atoms with Gasteiger partial charge in [-0.05, 0) is 36.1 Å². The highest BCUT2D eigenvalue weighted by atomic mass is 35.5. The van der Waals surface area contributed by atoms with Crippen LogP contribution in [0.3, 0.4) is 0 Å². The molecular weight excluding hydrogens is 332 g/mol. The molecule has 4 nitrogen and oxygen atoms in total. The maximum atomic E-state index is 12.3. The summed E-state index contributed by atoms with van der Waals surface area (Å²) in [6.07, 6.45) is 0.282. The summed E-state index contributed by atoms with van der Waals surface area (Å²) >= 11 is 7.44. The summed E-state index contributed by atoms with van der Waals surface area (Å²) in [5.41, 5.74) is 1.63. The molecule has 0 fully saturated rings. The van der Waals surface area contributed by atoms with Crippen LogP contribution >= 0.6 is 22.9 Å². The van der Waals surface area contributed by atoms with E-state index in [9.17, 15) is 9.59 Å². The first-order valence-electron chi connectivity index (χ1n) is 7.42. The number of nitrogens with zero attached hydrogens (tertiary/aromatic N) is 1. The van der Waals surface area contributed by atoms with E-state index >= 15 is 0 Å². The van der Waals surface area contributed by atoms with Crippen LogP contribution in [-0.4, -0.2) is 29.8 Å². The van der Waals surface area contributed by atoms with E-state index in [2.05, 4.69) is 5.32 Å². The smallest absolute Gasteiger partial charge is 0.252 e. The lowest BCUT2D eigenvalue weighted by molar-refractivity contribution is -0.131. The molecule has 23 heavy (non-hydrogen) atoms. The van der Waals surface area contributed by atoms with Crippen LogP contribution < -0.4 is 5.32 Å². The highest BCUT2D eigenvalue weighted by Crippen LogP contribution is 2.13.